The normalized spacial score (nSPS) is 12.7. The number of nitrogens with zero attached hydrogens (tertiary/aromatic N) is 3. The van der Waals surface area contributed by atoms with Crippen LogP contribution in [0.3, 0.4) is 0 Å². The van der Waals surface area contributed by atoms with E-state index in [0.29, 0.717) is 12.5 Å². The Morgan fingerprint density at radius 3 is 2.95 bits per heavy atom. The highest BCUT2D eigenvalue weighted by atomic mass is 35.5. The van der Waals surface area contributed by atoms with Gasteiger partial charge in [0.2, 0.25) is 0 Å². The molecule has 0 aliphatic rings. The second kappa shape index (κ2) is 6.24. The average Bonchev–Trinajstić information content (AvgIpc) is 2.91. The monoisotopic (exact) mass is 300 g/mol. The third kappa shape index (κ3) is 3.23. The molecule has 0 aliphatic heterocycles. The Labute approximate surface area is 128 Å². The summed E-state index contributed by atoms with van der Waals surface area (Å²) in [6, 6.07) is 13.9. The molecule has 1 N–H and O–H groups in total. The number of halogens is 1. The van der Waals surface area contributed by atoms with Gasteiger partial charge in [-0.05, 0) is 35.7 Å². The van der Waals surface area contributed by atoms with Gasteiger partial charge in [0, 0.05) is 17.8 Å². The lowest BCUT2D eigenvalue weighted by molar-refractivity contribution is 0.596. The Bertz CT molecular complexity index is 738. The molecule has 0 bridgehead atoms. The van der Waals surface area contributed by atoms with Gasteiger partial charge in [0.15, 0.2) is 11.5 Å². The molecule has 1 aromatic carbocycles. The first-order chi connectivity index (χ1) is 10.2. The first-order valence-electron chi connectivity index (χ1n) is 6.99. The molecule has 0 unspecified atom stereocenters. The van der Waals surface area contributed by atoms with Crippen LogP contribution in [0.1, 0.15) is 24.2 Å². The molecule has 4 nitrogen and oxygen atoms in total. The van der Waals surface area contributed by atoms with Gasteiger partial charge in [-0.15, -0.1) is 10.2 Å². The summed E-state index contributed by atoms with van der Waals surface area (Å²) < 4.78 is 2.00. The quantitative estimate of drug-likeness (QED) is 0.786. The maximum atomic E-state index is 6.03. The lowest BCUT2D eigenvalue weighted by Crippen LogP contribution is -2.21. The first kappa shape index (κ1) is 14.0. The molecule has 0 fully saturated rings. The van der Waals surface area contributed by atoms with E-state index in [1.807, 2.05) is 47.0 Å². The zero-order chi connectivity index (χ0) is 14.7. The molecule has 0 aliphatic carbocycles. The van der Waals surface area contributed by atoms with Gasteiger partial charge in [-0.2, -0.15) is 0 Å². The Morgan fingerprint density at radius 2 is 2.10 bits per heavy atom. The molecule has 0 saturated carbocycles. The number of aromatic nitrogens is 3. The van der Waals surface area contributed by atoms with Crippen molar-refractivity contribution in [3.8, 4) is 0 Å². The lowest BCUT2D eigenvalue weighted by Gasteiger charge is -2.13. The predicted molar refractivity (Wildman–Crippen MR) is 84.6 cm³/mol. The SMILES string of the molecule is C[C@H](CNCc1nnc2ccccn12)c1cccc(Cl)c1. The van der Waals surface area contributed by atoms with E-state index in [0.717, 1.165) is 23.0 Å². The summed E-state index contributed by atoms with van der Waals surface area (Å²) in [6.07, 6.45) is 1.98. The number of pyridine rings is 1. The largest absolute Gasteiger partial charge is 0.309 e. The topological polar surface area (TPSA) is 42.2 Å². The Kier molecular flexibility index (Phi) is 4.18. The van der Waals surface area contributed by atoms with Crippen LogP contribution >= 0.6 is 11.6 Å². The molecule has 2 heterocycles. The van der Waals surface area contributed by atoms with Crippen molar-refractivity contribution in [3.05, 3.63) is 65.1 Å². The molecule has 0 amide bonds. The van der Waals surface area contributed by atoms with Crippen LogP contribution in [0.5, 0.6) is 0 Å². The maximum Gasteiger partial charge on any atom is 0.160 e. The molecule has 3 aromatic rings. The smallest absolute Gasteiger partial charge is 0.160 e. The van der Waals surface area contributed by atoms with Gasteiger partial charge in [0.25, 0.3) is 0 Å². The minimum atomic E-state index is 0.392. The fourth-order valence-electron chi connectivity index (χ4n) is 2.34. The van der Waals surface area contributed by atoms with Crippen LogP contribution in [0, 0.1) is 0 Å². The number of rotatable bonds is 5. The zero-order valence-electron chi connectivity index (χ0n) is 11.8. The van der Waals surface area contributed by atoms with Crippen molar-refractivity contribution in [2.24, 2.45) is 0 Å². The van der Waals surface area contributed by atoms with Crippen LogP contribution in [-0.4, -0.2) is 21.1 Å². The van der Waals surface area contributed by atoms with E-state index < -0.39 is 0 Å². The van der Waals surface area contributed by atoms with Crippen LogP contribution in [0.15, 0.2) is 48.7 Å². The van der Waals surface area contributed by atoms with E-state index in [1.165, 1.54) is 5.56 Å². The summed E-state index contributed by atoms with van der Waals surface area (Å²) in [5.41, 5.74) is 2.11. The van der Waals surface area contributed by atoms with E-state index in [-0.39, 0.29) is 0 Å². The Hall–Kier alpha value is -1.91. The minimum Gasteiger partial charge on any atom is -0.309 e. The van der Waals surface area contributed by atoms with Crippen molar-refractivity contribution in [3.63, 3.8) is 0 Å². The fraction of sp³-hybridized carbons (Fsp3) is 0.250. The van der Waals surface area contributed by atoms with Crippen LogP contribution in [0.2, 0.25) is 5.02 Å². The van der Waals surface area contributed by atoms with Crippen molar-refractivity contribution in [1.29, 1.82) is 0 Å². The summed E-state index contributed by atoms with van der Waals surface area (Å²) in [5.74, 6) is 1.31. The third-order valence-corrected chi connectivity index (χ3v) is 3.77. The van der Waals surface area contributed by atoms with Gasteiger partial charge in [0.1, 0.15) is 0 Å². The molecular weight excluding hydrogens is 284 g/mol. The zero-order valence-corrected chi connectivity index (χ0v) is 12.6. The average molecular weight is 301 g/mol. The molecule has 3 rings (SSSR count). The van der Waals surface area contributed by atoms with Crippen LogP contribution in [0.4, 0.5) is 0 Å². The molecule has 108 valence electrons. The molecular formula is C16H17ClN4. The predicted octanol–water partition coefficient (Wildman–Crippen LogP) is 3.28. The third-order valence-electron chi connectivity index (χ3n) is 3.54. The van der Waals surface area contributed by atoms with Crippen molar-refractivity contribution in [1.82, 2.24) is 19.9 Å². The number of hydrogen-bond donors (Lipinski definition) is 1. The maximum absolute atomic E-state index is 6.03. The Balaban J connectivity index is 1.61. The van der Waals surface area contributed by atoms with Crippen molar-refractivity contribution in [2.45, 2.75) is 19.4 Å². The van der Waals surface area contributed by atoms with E-state index in [4.69, 9.17) is 11.6 Å². The highest BCUT2D eigenvalue weighted by molar-refractivity contribution is 6.30. The molecule has 21 heavy (non-hydrogen) atoms. The summed E-state index contributed by atoms with van der Waals surface area (Å²) in [7, 11) is 0. The van der Waals surface area contributed by atoms with Gasteiger partial charge in [-0.25, -0.2) is 0 Å². The molecule has 5 heteroatoms. The van der Waals surface area contributed by atoms with Gasteiger partial charge in [-0.1, -0.05) is 36.7 Å². The van der Waals surface area contributed by atoms with Gasteiger partial charge >= 0.3 is 0 Å². The second-order valence-corrected chi connectivity index (χ2v) is 5.57. The number of benzene rings is 1. The number of fused-ring (bicyclic) bond motifs is 1. The summed E-state index contributed by atoms with van der Waals surface area (Å²) in [4.78, 5) is 0. The lowest BCUT2D eigenvalue weighted by atomic mass is 10.0. The van der Waals surface area contributed by atoms with E-state index in [1.54, 1.807) is 0 Å². The summed E-state index contributed by atoms with van der Waals surface area (Å²) in [6.45, 7) is 3.73. The van der Waals surface area contributed by atoms with Crippen molar-refractivity contribution >= 4 is 17.2 Å². The van der Waals surface area contributed by atoms with Gasteiger partial charge < -0.3 is 5.32 Å². The molecule has 0 radical (unpaired) electrons. The summed E-state index contributed by atoms with van der Waals surface area (Å²) >= 11 is 6.03. The fourth-order valence-corrected chi connectivity index (χ4v) is 2.54. The first-order valence-corrected chi connectivity index (χ1v) is 7.36. The summed E-state index contributed by atoms with van der Waals surface area (Å²) in [5, 5.41) is 12.6. The van der Waals surface area contributed by atoms with Crippen molar-refractivity contribution < 1.29 is 0 Å². The van der Waals surface area contributed by atoms with E-state index >= 15 is 0 Å². The van der Waals surface area contributed by atoms with Crippen LogP contribution < -0.4 is 5.32 Å². The van der Waals surface area contributed by atoms with Gasteiger partial charge in [0.05, 0.1) is 6.54 Å². The number of hydrogen-bond acceptors (Lipinski definition) is 3. The van der Waals surface area contributed by atoms with Crippen molar-refractivity contribution in [2.75, 3.05) is 6.54 Å². The Morgan fingerprint density at radius 1 is 1.19 bits per heavy atom. The standard InChI is InChI=1S/C16H17ClN4/c1-12(13-5-4-6-14(17)9-13)10-18-11-16-20-19-15-7-2-3-8-21(15)16/h2-9,12,18H,10-11H2,1H3/t12-/m1/s1. The van der Waals surface area contributed by atoms with E-state index in [2.05, 4.69) is 28.5 Å². The molecule has 0 spiro atoms. The number of nitrogens with one attached hydrogen (secondary N) is 1. The van der Waals surface area contributed by atoms with Crippen LogP contribution in [-0.2, 0) is 6.54 Å². The highest BCUT2D eigenvalue weighted by Gasteiger charge is 2.08. The molecule has 0 saturated heterocycles. The molecule has 1 atom stereocenters. The van der Waals surface area contributed by atoms with Gasteiger partial charge in [-0.3, -0.25) is 4.40 Å². The second-order valence-electron chi connectivity index (χ2n) is 5.13. The minimum absolute atomic E-state index is 0.392. The molecule has 2 aromatic heterocycles. The highest BCUT2D eigenvalue weighted by Crippen LogP contribution is 2.18. The van der Waals surface area contributed by atoms with Crippen LogP contribution in [0.25, 0.3) is 5.65 Å². The van der Waals surface area contributed by atoms with E-state index in [9.17, 15) is 0 Å².